The van der Waals surface area contributed by atoms with Crippen molar-refractivity contribution < 1.29 is 49.1 Å². The van der Waals surface area contributed by atoms with Crippen LogP contribution < -0.4 is 20.4 Å². The SMILES string of the molecule is O=C([O-])OC(=O)[O-].O=C([O-])OC(=O)[O-].[C+4]. The molecule has 0 rings (SSSR count). The Hall–Kier alpha value is -2.52. The van der Waals surface area contributed by atoms with Crippen LogP contribution in [0.2, 0.25) is 0 Å². The maximum absolute atomic E-state index is 9.06. The first-order valence-electron chi connectivity index (χ1n) is 2.45. The summed E-state index contributed by atoms with van der Waals surface area (Å²) >= 11 is 0. The van der Waals surface area contributed by atoms with E-state index in [-0.39, 0.29) is 7.43 Å². The van der Waals surface area contributed by atoms with Crippen molar-refractivity contribution in [3.63, 3.8) is 0 Å². The monoisotopic (exact) mass is 220 g/mol. The summed E-state index contributed by atoms with van der Waals surface area (Å²) < 4.78 is 5.72. The molecule has 0 aliphatic heterocycles. The van der Waals surface area contributed by atoms with E-state index in [0.717, 1.165) is 0 Å². The zero-order valence-electron chi connectivity index (χ0n) is 6.58. The fraction of sp³-hybridized carbons (Fsp3) is 0. The molecule has 0 heterocycles. The summed E-state index contributed by atoms with van der Waals surface area (Å²) in [5, 5.41) is 36.2. The first kappa shape index (κ1) is 18.3. The standard InChI is InChI=1S/2C2H2O5.C/c2*3-1(4)7-2(5)6;/h2*(H,3,4)(H,5,6);/q;;+4/p-4. The molecule has 0 amide bonds. The number of carboxylic acid groups (broad SMARTS) is 4. The molecule has 15 heavy (non-hydrogen) atoms. The minimum atomic E-state index is -2.12. The molecule has 0 aliphatic carbocycles. The molecule has 0 unspecified atom stereocenters. The van der Waals surface area contributed by atoms with Crippen LogP contribution in [0.3, 0.4) is 0 Å². The van der Waals surface area contributed by atoms with Crippen LogP contribution in [0.15, 0.2) is 0 Å². The van der Waals surface area contributed by atoms with Gasteiger partial charge in [0.2, 0.25) is 0 Å². The molecule has 80 valence electrons. The Morgan fingerprint density at radius 1 is 0.600 bits per heavy atom. The fourth-order valence-electron chi connectivity index (χ4n) is 0.136. The smallest absolute Gasteiger partial charge is 0.483 e. The predicted molar refractivity (Wildman–Crippen MR) is 27.0 cm³/mol. The van der Waals surface area contributed by atoms with Gasteiger partial charge in [-0.2, -0.15) is 0 Å². The number of hydrogen-bond acceptors (Lipinski definition) is 10. The van der Waals surface area contributed by atoms with Crippen molar-refractivity contribution in [2.45, 2.75) is 0 Å². The van der Waals surface area contributed by atoms with E-state index in [1.54, 1.807) is 0 Å². The minimum Gasteiger partial charge on any atom is -0.483 e. The van der Waals surface area contributed by atoms with E-state index in [9.17, 15) is 0 Å². The van der Waals surface area contributed by atoms with E-state index in [2.05, 4.69) is 9.47 Å². The van der Waals surface area contributed by atoms with E-state index >= 15 is 0 Å². The maximum Gasteiger partial charge on any atom is 4.00 e. The molecule has 0 atom stereocenters. The summed E-state index contributed by atoms with van der Waals surface area (Å²) in [5.41, 5.74) is 0. The van der Waals surface area contributed by atoms with Gasteiger partial charge < -0.3 is 49.1 Å². The van der Waals surface area contributed by atoms with Gasteiger partial charge in [0.1, 0.15) is 0 Å². The van der Waals surface area contributed by atoms with E-state index in [1.807, 2.05) is 0 Å². The molecule has 0 saturated carbocycles. The molecular weight excluding hydrogens is 220 g/mol. The fourth-order valence-corrected chi connectivity index (χ4v) is 0.136. The van der Waals surface area contributed by atoms with Crippen molar-refractivity contribution in [2.24, 2.45) is 0 Å². The third-order valence-electron chi connectivity index (χ3n) is 0.333. The van der Waals surface area contributed by atoms with Crippen molar-refractivity contribution >= 4 is 24.6 Å². The summed E-state index contributed by atoms with van der Waals surface area (Å²) in [4.78, 5) is 36.2. The Kier molecular flexibility index (Phi) is 11.7. The molecule has 0 aromatic heterocycles. The van der Waals surface area contributed by atoms with E-state index in [4.69, 9.17) is 39.6 Å². The second kappa shape index (κ2) is 9.57. The number of carbonyl (C=O) groups is 4. The van der Waals surface area contributed by atoms with Gasteiger partial charge in [-0.3, -0.25) is 0 Å². The molecule has 0 N–H and O–H groups in total. The molecule has 0 aliphatic rings. The topological polar surface area (TPSA) is 179 Å². The predicted octanol–water partition coefficient (Wildman–Crippen LogP) is -4.54. The molecule has 0 aromatic rings. The van der Waals surface area contributed by atoms with Gasteiger partial charge in [-0.15, -0.1) is 0 Å². The van der Waals surface area contributed by atoms with E-state index in [0.29, 0.717) is 0 Å². The first-order chi connectivity index (χ1) is 6.25. The zero-order chi connectivity index (χ0) is 11.7. The third kappa shape index (κ3) is 34.4. The molecule has 0 aromatic carbocycles. The average Bonchev–Trinajstić information content (AvgIpc) is 1.79. The van der Waals surface area contributed by atoms with Gasteiger partial charge in [0.15, 0.2) is 0 Å². The van der Waals surface area contributed by atoms with Crippen LogP contribution in [-0.2, 0) is 9.47 Å². The van der Waals surface area contributed by atoms with Crippen LogP contribution in [0.1, 0.15) is 0 Å². The van der Waals surface area contributed by atoms with Crippen LogP contribution in [0.4, 0.5) is 19.2 Å². The molecule has 0 spiro atoms. The van der Waals surface area contributed by atoms with Crippen molar-refractivity contribution in [1.82, 2.24) is 0 Å². The Morgan fingerprint density at radius 3 is 0.733 bits per heavy atom. The van der Waals surface area contributed by atoms with Crippen molar-refractivity contribution in [3.8, 4) is 0 Å². The van der Waals surface area contributed by atoms with Gasteiger partial charge in [-0.1, -0.05) is 0 Å². The molecule has 10 heteroatoms. The zero-order valence-corrected chi connectivity index (χ0v) is 6.58. The van der Waals surface area contributed by atoms with Gasteiger partial charge >= 0.3 is 7.43 Å². The molecule has 0 fully saturated rings. The number of rotatable bonds is 0. The second-order valence-corrected chi connectivity index (χ2v) is 1.20. The van der Waals surface area contributed by atoms with Crippen LogP contribution in [-0.4, -0.2) is 24.6 Å². The van der Waals surface area contributed by atoms with Gasteiger partial charge in [0, 0.05) is 0 Å². The van der Waals surface area contributed by atoms with Crippen molar-refractivity contribution in [1.29, 1.82) is 0 Å². The largest absolute Gasteiger partial charge is 4.00 e. The van der Waals surface area contributed by atoms with Gasteiger partial charge in [-0.25, -0.2) is 0 Å². The first-order valence-corrected chi connectivity index (χ1v) is 2.45. The van der Waals surface area contributed by atoms with Crippen LogP contribution in [0.5, 0.6) is 0 Å². The van der Waals surface area contributed by atoms with Crippen LogP contribution >= 0.6 is 0 Å². The second-order valence-electron chi connectivity index (χ2n) is 1.20. The molecular formula is C5O10. The minimum absolute atomic E-state index is 0. The number of ether oxygens (including phenoxy) is 2. The maximum atomic E-state index is 9.06. The molecule has 10 nitrogen and oxygen atoms in total. The average molecular weight is 220 g/mol. The van der Waals surface area contributed by atoms with Crippen molar-refractivity contribution in [2.75, 3.05) is 0 Å². The Labute approximate surface area is 82.3 Å². The van der Waals surface area contributed by atoms with Gasteiger partial charge in [0.05, 0.1) is 0 Å². The van der Waals surface area contributed by atoms with E-state index in [1.165, 1.54) is 0 Å². The van der Waals surface area contributed by atoms with Gasteiger partial charge in [0.25, 0.3) is 24.6 Å². The third-order valence-corrected chi connectivity index (χ3v) is 0.333. The Balaban J connectivity index is -0.000000180. The Bertz CT molecular complexity index is 192. The Morgan fingerprint density at radius 2 is 0.733 bits per heavy atom. The normalized spacial score (nSPS) is 6.93. The molecule has 0 bridgehead atoms. The summed E-state index contributed by atoms with van der Waals surface area (Å²) in [6, 6.07) is 0. The van der Waals surface area contributed by atoms with Crippen LogP contribution in [0.25, 0.3) is 0 Å². The summed E-state index contributed by atoms with van der Waals surface area (Å²) in [6.45, 7) is 0. The van der Waals surface area contributed by atoms with Crippen LogP contribution in [0, 0.1) is 7.43 Å². The summed E-state index contributed by atoms with van der Waals surface area (Å²) in [6.07, 6.45) is -8.50. The summed E-state index contributed by atoms with van der Waals surface area (Å²) in [5.74, 6) is 0. The van der Waals surface area contributed by atoms with E-state index < -0.39 is 24.6 Å². The molecule has 0 radical (unpaired) electrons. The number of hydrogen-bond donors (Lipinski definition) is 0. The number of carbonyl (C=O) groups excluding carboxylic acids is 4. The molecule has 0 saturated heterocycles. The summed E-state index contributed by atoms with van der Waals surface area (Å²) in [7, 11) is 0. The van der Waals surface area contributed by atoms with Gasteiger partial charge in [-0.05, 0) is 0 Å². The quantitative estimate of drug-likeness (QED) is 0.284. The van der Waals surface area contributed by atoms with Crippen molar-refractivity contribution in [3.05, 3.63) is 7.43 Å².